The highest BCUT2D eigenvalue weighted by molar-refractivity contribution is 5.52. The lowest BCUT2D eigenvalue weighted by atomic mass is 9.83. The van der Waals surface area contributed by atoms with Crippen molar-refractivity contribution < 1.29 is 14.2 Å². The molecule has 33 heavy (non-hydrogen) atoms. The van der Waals surface area contributed by atoms with Crippen LogP contribution in [0.25, 0.3) is 5.69 Å². The first-order valence-electron chi connectivity index (χ1n) is 11.4. The molecule has 5 nitrogen and oxygen atoms in total. The van der Waals surface area contributed by atoms with E-state index >= 15 is 0 Å². The van der Waals surface area contributed by atoms with Crippen LogP contribution in [-0.4, -0.2) is 39.3 Å². The third kappa shape index (κ3) is 3.53. The second-order valence-electron chi connectivity index (χ2n) is 9.32. The van der Waals surface area contributed by atoms with Gasteiger partial charge in [-0.05, 0) is 68.0 Å². The molecule has 0 radical (unpaired) electrons. The van der Waals surface area contributed by atoms with Crippen molar-refractivity contribution in [3.8, 4) is 11.4 Å². The number of halogens is 1. The summed E-state index contributed by atoms with van der Waals surface area (Å²) in [5.41, 5.74) is 4.67. The standard InChI is InChI=1S/C27H30FN3O2/c1-17-15-30(16-29-17)24-10-7-21(13-25(24)33-4)23-14-27(23)19(3)31(12-11-26(27)32)18(2)20-5-8-22(28)9-6-20/h5-10,13,15-16,18,23,26,32H,3,11-12,14H2,1-2,4H3. The largest absolute Gasteiger partial charge is 0.495 e. The number of hydrogen-bond acceptors (Lipinski definition) is 4. The first-order chi connectivity index (χ1) is 15.8. The minimum Gasteiger partial charge on any atom is -0.495 e. The fourth-order valence-corrected chi connectivity index (χ4v) is 5.52. The molecule has 5 rings (SSSR count). The Hall–Kier alpha value is -3.12. The number of methoxy groups -OCH3 is 1. The first-order valence-corrected chi connectivity index (χ1v) is 11.4. The number of hydrogen-bond donors (Lipinski definition) is 1. The number of benzene rings is 2. The van der Waals surface area contributed by atoms with Crippen molar-refractivity contribution in [2.75, 3.05) is 13.7 Å². The van der Waals surface area contributed by atoms with Crippen molar-refractivity contribution in [2.24, 2.45) is 5.41 Å². The van der Waals surface area contributed by atoms with Crippen LogP contribution in [0.15, 0.2) is 67.3 Å². The summed E-state index contributed by atoms with van der Waals surface area (Å²) in [6.45, 7) is 9.27. The maximum absolute atomic E-state index is 13.4. The van der Waals surface area contributed by atoms with Crippen molar-refractivity contribution in [3.63, 3.8) is 0 Å². The molecule has 0 amide bonds. The van der Waals surface area contributed by atoms with Gasteiger partial charge in [0.05, 0.1) is 37.0 Å². The third-order valence-electron chi connectivity index (χ3n) is 7.54. The molecule has 1 N–H and O–H groups in total. The molecule has 6 heteroatoms. The van der Waals surface area contributed by atoms with Gasteiger partial charge < -0.3 is 19.3 Å². The van der Waals surface area contributed by atoms with E-state index in [2.05, 4.69) is 41.6 Å². The average molecular weight is 448 g/mol. The lowest BCUT2D eigenvalue weighted by Crippen LogP contribution is -2.44. The summed E-state index contributed by atoms with van der Waals surface area (Å²) in [5.74, 6) is 0.718. The molecule has 2 aromatic carbocycles. The quantitative estimate of drug-likeness (QED) is 0.588. The van der Waals surface area contributed by atoms with Crippen LogP contribution in [-0.2, 0) is 0 Å². The van der Waals surface area contributed by atoms with Crippen molar-refractivity contribution in [3.05, 3.63) is 89.9 Å². The van der Waals surface area contributed by atoms with Gasteiger partial charge in [-0.2, -0.15) is 0 Å². The summed E-state index contributed by atoms with van der Waals surface area (Å²) >= 11 is 0. The van der Waals surface area contributed by atoms with Gasteiger partial charge in [0.25, 0.3) is 0 Å². The normalized spacial score (nSPS) is 25.4. The number of imidazole rings is 1. The zero-order chi connectivity index (χ0) is 23.3. The van der Waals surface area contributed by atoms with E-state index in [0.717, 1.165) is 46.9 Å². The van der Waals surface area contributed by atoms with E-state index in [1.54, 1.807) is 13.4 Å². The van der Waals surface area contributed by atoms with Gasteiger partial charge in [-0.3, -0.25) is 0 Å². The van der Waals surface area contributed by atoms with Gasteiger partial charge in [-0.1, -0.05) is 24.8 Å². The number of rotatable bonds is 5. The molecule has 4 unspecified atom stereocenters. The van der Waals surface area contributed by atoms with Crippen LogP contribution in [0.1, 0.15) is 48.5 Å². The van der Waals surface area contributed by atoms with Crippen molar-refractivity contribution in [1.82, 2.24) is 14.5 Å². The summed E-state index contributed by atoms with van der Waals surface area (Å²) in [6, 6.07) is 13.0. The summed E-state index contributed by atoms with van der Waals surface area (Å²) in [5, 5.41) is 11.1. The molecule has 1 aliphatic carbocycles. The minimum atomic E-state index is -0.436. The number of likely N-dealkylation sites (tertiary alicyclic amines) is 1. The van der Waals surface area contributed by atoms with Gasteiger partial charge in [-0.15, -0.1) is 0 Å². The van der Waals surface area contributed by atoms with E-state index in [1.807, 2.05) is 29.8 Å². The summed E-state index contributed by atoms with van der Waals surface area (Å²) in [4.78, 5) is 6.60. The first kappa shape index (κ1) is 21.7. The number of nitrogens with zero attached hydrogens (tertiary/aromatic N) is 3. The number of piperidine rings is 1. The predicted molar refractivity (Wildman–Crippen MR) is 126 cm³/mol. The molecule has 1 saturated heterocycles. The molecule has 4 atom stereocenters. The van der Waals surface area contributed by atoms with Gasteiger partial charge in [0.2, 0.25) is 0 Å². The molecule has 1 aromatic heterocycles. The highest BCUT2D eigenvalue weighted by atomic mass is 19.1. The van der Waals surface area contributed by atoms with Gasteiger partial charge in [-0.25, -0.2) is 9.37 Å². The molecule has 1 saturated carbocycles. The third-order valence-corrected chi connectivity index (χ3v) is 7.54. The second-order valence-corrected chi connectivity index (χ2v) is 9.32. The minimum absolute atomic E-state index is 0.0603. The molecule has 2 aliphatic rings. The lowest BCUT2D eigenvalue weighted by Gasteiger charge is -2.44. The Morgan fingerprint density at radius 3 is 2.67 bits per heavy atom. The molecule has 3 aromatic rings. The van der Waals surface area contributed by atoms with Crippen LogP contribution in [0, 0.1) is 18.2 Å². The van der Waals surface area contributed by atoms with Gasteiger partial charge in [0, 0.05) is 23.9 Å². The lowest BCUT2D eigenvalue weighted by molar-refractivity contribution is 0.0320. The maximum atomic E-state index is 13.4. The van der Waals surface area contributed by atoms with Crippen LogP contribution in [0.5, 0.6) is 5.75 Å². The molecule has 2 fully saturated rings. The molecular formula is C27H30FN3O2. The van der Waals surface area contributed by atoms with Crippen LogP contribution in [0.4, 0.5) is 4.39 Å². The zero-order valence-corrected chi connectivity index (χ0v) is 19.3. The SMILES string of the molecule is C=C1N(C(C)c2ccc(F)cc2)CCC(O)C12CC2c1ccc(-n2cnc(C)c2)c(OC)c1. The Morgan fingerprint density at radius 2 is 2.00 bits per heavy atom. The van der Waals surface area contributed by atoms with E-state index in [0.29, 0.717) is 6.42 Å². The van der Waals surface area contributed by atoms with Crippen molar-refractivity contribution >= 4 is 0 Å². The Morgan fingerprint density at radius 1 is 1.24 bits per heavy atom. The number of aromatic nitrogens is 2. The number of aryl methyl sites for hydroxylation is 1. The Kier molecular flexibility index (Phi) is 5.28. The molecular weight excluding hydrogens is 417 g/mol. The summed E-state index contributed by atoms with van der Waals surface area (Å²) < 4.78 is 21.1. The van der Waals surface area contributed by atoms with E-state index in [4.69, 9.17) is 4.74 Å². The van der Waals surface area contributed by atoms with Crippen molar-refractivity contribution in [1.29, 1.82) is 0 Å². The highest BCUT2D eigenvalue weighted by Gasteiger charge is 2.64. The average Bonchev–Trinajstić information content (AvgIpc) is 3.43. The molecule has 1 aliphatic heterocycles. The van der Waals surface area contributed by atoms with E-state index in [-0.39, 0.29) is 23.2 Å². The number of ether oxygens (including phenoxy) is 1. The van der Waals surface area contributed by atoms with E-state index in [9.17, 15) is 9.50 Å². The van der Waals surface area contributed by atoms with Crippen LogP contribution in [0.3, 0.4) is 0 Å². The topological polar surface area (TPSA) is 50.5 Å². The fraction of sp³-hybridized carbons (Fsp3) is 0.370. The molecule has 0 bridgehead atoms. The monoisotopic (exact) mass is 447 g/mol. The highest BCUT2D eigenvalue weighted by Crippen LogP contribution is 2.68. The Bertz CT molecular complexity index is 1190. The smallest absolute Gasteiger partial charge is 0.143 e. The Balaban J connectivity index is 1.42. The van der Waals surface area contributed by atoms with E-state index in [1.165, 1.54) is 12.1 Å². The van der Waals surface area contributed by atoms with Crippen molar-refractivity contribution in [2.45, 2.75) is 44.8 Å². The molecule has 2 heterocycles. The van der Waals surface area contributed by atoms with Gasteiger partial charge in [0.15, 0.2) is 0 Å². The fourth-order valence-electron chi connectivity index (χ4n) is 5.52. The summed E-state index contributed by atoms with van der Waals surface area (Å²) in [7, 11) is 1.68. The second kappa shape index (κ2) is 8.03. The van der Waals surface area contributed by atoms with Crippen LogP contribution in [0.2, 0.25) is 0 Å². The number of aliphatic hydroxyl groups excluding tert-OH is 1. The van der Waals surface area contributed by atoms with E-state index < -0.39 is 6.10 Å². The number of aliphatic hydroxyl groups is 1. The molecule has 172 valence electrons. The zero-order valence-electron chi connectivity index (χ0n) is 19.3. The molecule has 1 spiro atoms. The van der Waals surface area contributed by atoms with Crippen LogP contribution < -0.4 is 4.74 Å². The maximum Gasteiger partial charge on any atom is 0.143 e. The van der Waals surface area contributed by atoms with Crippen LogP contribution >= 0.6 is 0 Å². The van der Waals surface area contributed by atoms with Gasteiger partial charge in [0.1, 0.15) is 11.6 Å². The van der Waals surface area contributed by atoms with Gasteiger partial charge >= 0.3 is 0 Å². The predicted octanol–water partition coefficient (Wildman–Crippen LogP) is 5.14. The summed E-state index contributed by atoms with van der Waals surface area (Å²) in [6.07, 6.45) is 4.86. The Labute approximate surface area is 194 Å².